The number of carbonyl (C=O) groups is 2. The molecule has 2 amide bonds. The lowest BCUT2D eigenvalue weighted by atomic mass is 10.0. The fraction of sp³-hybridized carbons (Fsp3) is 0.333. The third-order valence-corrected chi connectivity index (χ3v) is 5.51. The Bertz CT molecular complexity index is 1040. The lowest BCUT2D eigenvalue weighted by Gasteiger charge is -2.45. The third-order valence-electron chi connectivity index (χ3n) is 5.51. The number of nitrogens with one attached hydrogen (secondary N) is 1. The Morgan fingerprint density at radius 2 is 1.83 bits per heavy atom. The quantitative estimate of drug-likeness (QED) is 0.726. The van der Waals surface area contributed by atoms with Crippen LogP contribution in [-0.4, -0.2) is 75.2 Å². The second kappa shape index (κ2) is 7.29. The van der Waals surface area contributed by atoms with Gasteiger partial charge in [-0.25, -0.2) is 0 Å². The van der Waals surface area contributed by atoms with Crippen LogP contribution in [0.15, 0.2) is 48.9 Å². The first-order chi connectivity index (χ1) is 14.2. The number of hydrogen-bond donors (Lipinski definition) is 1. The van der Waals surface area contributed by atoms with E-state index in [4.69, 9.17) is 4.74 Å². The SMILES string of the molecule is O=C(Cc1cccnc1)N1CC2CN(C(=O)c3cccc4[nH]ncc34)CC(C1)O2. The third kappa shape index (κ3) is 3.47. The normalized spacial score (nSPS) is 21.4. The van der Waals surface area contributed by atoms with E-state index in [1.54, 1.807) is 18.6 Å². The van der Waals surface area contributed by atoms with Crippen molar-refractivity contribution >= 4 is 22.7 Å². The molecule has 29 heavy (non-hydrogen) atoms. The minimum Gasteiger partial charge on any atom is -0.368 e. The number of benzene rings is 1. The number of fused-ring (bicyclic) bond motifs is 3. The zero-order valence-corrected chi connectivity index (χ0v) is 15.8. The number of ether oxygens (including phenoxy) is 1. The molecule has 148 valence electrons. The zero-order chi connectivity index (χ0) is 19.8. The summed E-state index contributed by atoms with van der Waals surface area (Å²) in [7, 11) is 0. The van der Waals surface area contributed by atoms with E-state index in [0.29, 0.717) is 38.2 Å². The number of aromatic nitrogens is 3. The maximum absolute atomic E-state index is 13.1. The molecule has 3 aromatic rings. The summed E-state index contributed by atoms with van der Waals surface area (Å²) in [5, 5.41) is 7.76. The fourth-order valence-corrected chi connectivity index (χ4v) is 4.18. The summed E-state index contributed by atoms with van der Waals surface area (Å²) in [5.41, 5.74) is 2.39. The van der Waals surface area contributed by atoms with Crippen LogP contribution in [0.2, 0.25) is 0 Å². The lowest BCUT2D eigenvalue weighted by Crippen LogP contribution is -2.61. The van der Waals surface area contributed by atoms with Gasteiger partial charge in [-0.05, 0) is 23.8 Å². The van der Waals surface area contributed by atoms with Gasteiger partial charge in [0.15, 0.2) is 0 Å². The maximum atomic E-state index is 13.1. The van der Waals surface area contributed by atoms with Crippen LogP contribution in [0.5, 0.6) is 0 Å². The van der Waals surface area contributed by atoms with Crippen LogP contribution in [0, 0.1) is 0 Å². The van der Waals surface area contributed by atoms with Crippen molar-refractivity contribution in [2.45, 2.75) is 18.6 Å². The molecular weight excluding hydrogens is 370 g/mol. The summed E-state index contributed by atoms with van der Waals surface area (Å²) in [6.45, 7) is 1.94. The van der Waals surface area contributed by atoms with Crippen molar-refractivity contribution in [2.24, 2.45) is 0 Å². The van der Waals surface area contributed by atoms with E-state index in [9.17, 15) is 9.59 Å². The van der Waals surface area contributed by atoms with E-state index < -0.39 is 0 Å². The van der Waals surface area contributed by atoms with Crippen LogP contribution in [0.25, 0.3) is 10.9 Å². The maximum Gasteiger partial charge on any atom is 0.254 e. The van der Waals surface area contributed by atoms with E-state index >= 15 is 0 Å². The van der Waals surface area contributed by atoms with Gasteiger partial charge in [-0.2, -0.15) is 5.10 Å². The highest BCUT2D eigenvalue weighted by molar-refractivity contribution is 6.06. The molecule has 2 aromatic heterocycles. The number of H-pyrrole nitrogens is 1. The molecule has 0 aliphatic carbocycles. The molecular formula is C21H21N5O3. The molecule has 2 bridgehead atoms. The molecule has 1 N–H and O–H groups in total. The van der Waals surface area contributed by atoms with Crippen LogP contribution < -0.4 is 0 Å². The van der Waals surface area contributed by atoms with Gasteiger partial charge in [-0.15, -0.1) is 0 Å². The molecule has 8 nitrogen and oxygen atoms in total. The van der Waals surface area contributed by atoms with Crippen molar-refractivity contribution in [3.63, 3.8) is 0 Å². The molecule has 8 heteroatoms. The minimum absolute atomic E-state index is 0.0227. The number of morpholine rings is 2. The summed E-state index contributed by atoms with van der Waals surface area (Å²) in [6, 6.07) is 9.33. The van der Waals surface area contributed by atoms with E-state index in [0.717, 1.165) is 16.5 Å². The van der Waals surface area contributed by atoms with Crippen molar-refractivity contribution in [3.8, 4) is 0 Å². The number of pyridine rings is 1. The van der Waals surface area contributed by atoms with E-state index in [1.807, 2.05) is 40.1 Å². The number of hydrogen-bond acceptors (Lipinski definition) is 5. The van der Waals surface area contributed by atoms with Gasteiger partial charge in [0.1, 0.15) is 0 Å². The topological polar surface area (TPSA) is 91.4 Å². The summed E-state index contributed by atoms with van der Waals surface area (Å²) >= 11 is 0. The number of nitrogens with zero attached hydrogens (tertiary/aromatic N) is 4. The van der Waals surface area contributed by atoms with Gasteiger partial charge in [0, 0.05) is 44.0 Å². The predicted molar refractivity (Wildman–Crippen MR) is 105 cm³/mol. The lowest BCUT2D eigenvalue weighted by molar-refractivity contribution is -0.156. The largest absolute Gasteiger partial charge is 0.368 e. The zero-order valence-electron chi connectivity index (χ0n) is 15.8. The Kier molecular flexibility index (Phi) is 4.48. The fourth-order valence-electron chi connectivity index (χ4n) is 4.18. The predicted octanol–water partition coefficient (Wildman–Crippen LogP) is 1.25. The first kappa shape index (κ1) is 17.8. The molecule has 4 heterocycles. The summed E-state index contributed by atoms with van der Waals surface area (Å²) < 4.78 is 6.02. The highest BCUT2D eigenvalue weighted by Gasteiger charge is 2.38. The van der Waals surface area contributed by atoms with Crippen molar-refractivity contribution < 1.29 is 14.3 Å². The minimum atomic E-state index is -0.173. The standard InChI is InChI=1S/C21H21N5O3/c27-20(7-14-3-2-6-22-8-14)25-10-15-12-26(13-16(11-25)29-15)21(28)17-4-1-5-19-18(17)9-23-24-19/h1-6,8-9,15-16H,7,10-13H2,(H,23,24). The molecule has 0 saturated carbocycles. The number of rotatable bonds is 3. The van der Waals surface area contributed by atoms with Gasteiger partial charge < -0.3 is 14.5 Å². The van der Waals surface area contributed by atoms with Crippen LogP contribution in [0.1, 0.15) is 15.9 Å². The second-order valence-electron chi connectivity index (χ2n) is 7.56. The molecule has 2 aliphatic heterocycles. The number of amides is 2. The molecule has 2 unspecified atom stereocenters. The van der Waals surface area contributed by atoms with Crippen LogP contribution >= 0.6 is 0 Å². The van der Waals surface area contributed by atoms with Gasteiger partial charge >= 0.3 is 0 Å². The highest BCUT2D eigenvalue weighted by atomic mass is 16.5. The Balaban J connectivity index is 1.27. The molecule has 2 atom stereocenters. The van der Waals surface area contributed by atoms with Gasteiger partial charge in [-0.3, -0.25) is 19.7 Å². The van der Waals surface area contributed by atoms with Crippen LogP contribution in [-0.2, 0) is 16.0 Å². The molecule has 2 aliphatic rings. The smallest absolute Gasteiger partial charge is 0.254 e. The molecule has 2 saturated heterocycles. The Hall–Kier alpha value is -3.26. The Morgan fingerprint density at radius 3 is 2.59 bits per heavy atom. The average Bonchev–Trinajstić information content (AvgIpc) is 3.22. The summed E-state index contributed by atoms with van der Waals surface area (Å²) in [6.07, 6.45) is 5.08. The second-order valence-corrected chi connectivity index (χ2v) is 7.56. The number of carbonyl (C=O) groups excluding carboxylic acids is 2. The first-order valence-electron chi connectivity index (χ1n) is 9.71. The Labute approximate surface area is 167 Å². The van der Waals surface area contributed by atoms with E-state index in [-0.39, 0.29) is 24.0 Å². The average molecular weight is 391 g/mol. The summed E-state index contributed by atoms with van der Waals surface area (Å²) in [5.74, 6) is 0.0460. The van der Waals surface area contributed by atoms with Crippen molar-refractivity contribution in [2.75, 3.05) is 26.2 Å². The molecule has 2 fully saturated rings. The molecule has 0 spiro atoms. The summed E-state index contributed by atoms with van der Waals surface area (Å²) in [4.78, 5) is 33.6. The monoisotopic (exact) mass is 391 g/mol. The van der Waals surface area contributed by atoms with Gasteiger partial charge in [0.05, 0.1) is 35.9 Å². The molecule has 1 aromatic carbocycles. The first-order valence-corrected chi connectivity index (χ1v) is 9.71. The van der Waals surface area contributed by atoms with Gasteiger partial charge in [-0.1, -0.05) is 12.1 Å². The van der Waals surface area contributed by atoms with Gasteiger partial charge in [0.2, 0.25) is 5.91 Å². The van der Waals surface area contributed by atoms with Crippen molar-refractivity contribution in [3.05, 3.63) is 60.0 Å². The van der Waals surface area contributed by atoms with Crippen molar-refractivity contribution in [1.29, 1.82) is 0 Å². The van der Waals surface area contributed by atoms with Gasteiger partial charge in [0.25, 0.3) is 5.91 Å². The van der Waals surface area contributed by atoms with E-state index in [2.05, 4.69) is 15.2 Å². The van der Waals surface area contributed by atoms with Crippen LogP contribution in [0.3, 0.4) is 0 Å². The molecule has 0 radical (unpaired) electrons. The molecule has 5 rings (SSSR count). The Morgan fingerprint density at radius 1 is 1.03 bits per heavy atom. The van der Waals surface area contributed by atoms with E-state index in [1.165, 1.54) is 0 Å². The number of aromatic amines is 1. The van der Waals surface area contributed by atoms with Crippen molar-refractivity contribution in [1.82, 2.24) is 25.0 Å². The highest BCUT2D eigenvalue weighted by Crippen LogP contribution is 2.24. The van der Waals surface area contributed by atoms with Crippen LogP contribution in [0.4, 0.5) is 0 Å².